The second kappa shape index (κ2) is 5.73. The number of hydrogen-bond donors (Lipinski definition) is 2. The lowest BCUT2D eigenvalue weighted by Crippen LogP contribution is -2.27. The van der Waals surface area contributed by atoms with Crippen molar-refractivity contribution < 1.29 is 5.11 Å². The van der Waals surface area contributed by atoms with Gasteiger partial charge >= 0.3 is 0 Å². The van der Waals surface area contributed by atoms with Crippen LogP contribution in [0.1, 0.15) is 58.8 Å². The van der Waals surface area contributed by atoms with Gasteiger partial charge in [-0.05, 0) is 34.3 Å². The SMILES string of the molecule is CC(C)Cc1ccc(C(O)CNC2C(C)(C)C2(C)C)cc1. The van der Waals surface area contributed by atoms with E-state index in [4.69, 9.17) is 0 Å². The van der Waals surface area contributed by atoms with Crippen molar-refractivity contribution in [2.24, 2.45) is 16.7 Å². The lowest BCUT2D eigenvalue weighted by molar-refractivity contribution is 0.172. The van der Waals surface area contributed by atoms with Gasteiger partial charge in [0.15, 0.2) is 0 Å². The third kappa shape index (κ3) is 3.32. The maximum absolute atomic E-state index is 10.3. The summed E-state index contributed by atoms with van der Waals surface area (Å²) in [6.07, 6.45) is 0.671. The fourth-order valence-electron chi connectivity index (χ4n) is 3.40. The van der Waals surface area contributed by atoms with E-state index in [2.05, 4.69) is 71.1 Å². The smallest absolute Gasteiger partial charge is 0.0914 e. The van der Waals surface area contributed by atoms with Gasteiger partial charge in [0.05, 0.1) is 6.10 Å². The molecular formula is C19H31NO. The molecule has 2 rings (SSSR count). The van der Waals surface area contributed by atoms with E-state index in [0.717, 1.165) is 12.0 Å². The highest BCUT2D eigenvalue weighted by Gasteiger charge is 2.64. The summed E-state index contributed by atoms with van der Waals surface area (Å²) in [6.45, 7) is 14.2. The van der Waals surface area contributed by atoms with Crippen LogP contribution in [-0.4, -0.2) is 17.7 Å². The Morgan fingerprint density at radius 1 is 1.05 bits per heavy atom. The molecule has 0 saturated heterocycles. The summed E-state index contributed by atoms with van der Waals surface area (Å²) in [5.41, 5.74) is 2.98. The standard InChI is InChI=1S/C19H31NO/c1-13(2)11-14-7-9-15(10-8-14)16(21)12-20-17-18(3,4)19(17,5)6/h7-10,13,16-17,20-21H,11-12H2,1-6H3. The Hall–Kier alpha value is -0.860. The van der Waals surface area contributed by atoms with E-state index in [-0.39, 0.29) is 0 Å². The largest absolute Gasteiger partial charge is 0.387 e. The van der Waals surface area contributed by atoms with Gasteiger partial charge in [0.25, 0.3) is 0 Å². The molecule has 0 aliphatic heterocycles. The molecule has 1 aromatic carbocycles. The normalized spacial score (nSPS) is 21.5. The molecule has 0 radical (unpaired) electrons. The summed E-state index contributed by atoms with van der Waals surface area (Å²) in [4.78, 5) is 0. The van der Waals surface area contributed by atoms with Crippen LogP contribution in [0.25, 0.3) is 0 Å². The molecule has 2 heteroatoms. The number of aliphatic hydroxyl groups is 1. The Morgan fingerprint density at radius 3 is 2.00 bits per heavy atom. The number of benzene rings is 1. The molecule has 1 aliphatic rings. The highest BCUT2D eigenvalue weighted by molar-refractivity contribution is 5.25. The first-order valence-corrected chi connectivity index (χ1v) is 8.16. The van der Waals surface area contributed by atoms with Gasteiger partial charge in [0.2, 0.25) is 0 Å². The first kappa shape index (κ1) is 16.5. The molecule has 0 heterocycles. The van der Waals surface area contributed by atoms with Crippen molar-refractivity contribution in [2.75, 3.05) is 6.54 Å². The zero-order chi connectivity index (χ0) is 15.8. The summed E-state index contributed by atoms with van der Waals surface area (Å²) in [7, 11) is 0. The van der Waals surface area contributed by atoms with Gasteiger partial charge in [0, 0.05) is 12.6 Å². The average molecular weight is 289 g/mol. The third-order valence-electron chi connectivity index (χ3n) is 5.54. The number of nitrogens with one attached hydrogen (secondary N) is 1. The highest BCUT2D eigenvalue weighted by Crippen LogP contribution is 2.62. The summed E-state index contributed by atoms with van der Waals surface area (Å²) in [5, 5.41) is 13.9. The van der Waals surface area contributed by atoms with Gasteiger partial charge in [-0.25, -0.2) is 0 Å². The van der Waals surface area contributed by atoms with E-state index in [1.807, 2.05) is 0 Å². The van der Waals surface area contributed by atoms with E-state index in [1.165, 1.54) is 5.56 Å². The van der Waals surface area contributed by atoms with Crippen molar-refractivity contribution in [3.8, 4) is 0 Å². The molecule has 1 unspecified atom stereocenters. The minimum atomic E-state index is -0.426. The topological polar surface area (TPSA) is 32.3 Å². The fourth-order valence-corrected chi connectivity index (χ4v) is 3.40. The second-order valence-electron chi connectivity index (χ2n) is 8.14. The maximum Gasteiger partial charge on any atom is 0.0914 e. The Bertz CT molecular complexity index is 459. The molecule has 0 bridgehead atoms. The lowest BCUT2D eigenvalue weighted by Gasteiger charge is -2.14. The van der Waals surface area contributed by atoms with Crippen LogP contribution in [0.3, 0.4) is 0 Å². The van der Waals surface area contributed by atoms with Crippen molar-refractivity contribution in [2.45, 2.75) is 60.1 Å². The zero-order valence-electron chi connectivity index (χ0n) is 14.4. The predicted octanol–water partition coefficient (Wildman–Crippen LogP) is 3.94. The number of rotatable bonds is 6. The molecular weight excluding hydrogens is 258 g/mol. The Kier molecular flexibility index (Phi) is 4.51. The summed E-state index contributed by atoms with van der Waals surface area (Å²) in [5.74, 6) is 0.668. The quantitative estimate of drug-likeness (QED) is 0.831. The van der Waals surface area contributed by atoms with Gasteiger partial charge in [0.1, 0.15) is 0 Å². The monoisotopic (exact) mass is 289 g/mol. The second-order valence-corrected chi connectivity index (χ2v) is 8.14. The van der Waals surface area contributed by atoms with E-state index in [9.17, 15) is 5.11 Å². The molecule has 21 heavy (non-hydrogen) atoms. The van der Waals surface area contributed by atoms with Crippen LogP contribution in [-0.2, 0) is 6.42 Å². The third-order valence-corrected chi connectivity index (χ3v) is 5.54. The average Bonchev–Trinajstić information content (AvgIpc) is 2.77. The zero-order valence-corrected chi connectivity index (χ0v) is 14.4. The highest BCUT2D eigenvalue weighted by atomic mass is 16.3. The first-order chi connectivity index (χ1) is 9.66. The molecule has 2 nitrogen and oxygen atoms in total. The number of aliphatic hydroxyl groups excluding tert-OH is 1. The summed E-state index contributed by atoms with van der Waals surface area (Å²) >= 11 is 0. The van der Waals surface area contributed by atoms with Crippen LogP contribution in [0, 0.1) is 16.7 Å². The lowest BCUT2D eigenvalue weighted by atomic mass is 10.0. The summed E-state index contributed by atoms with van der Waals surface area (Å²) in [6, 6.07) is 8.90. The maximum atomic E-state index is 10.3. The van der Waals surface area contributed by atoms with Crippen LogP contribution in [0.4, 0.5) is 0 Å². The van der Waals surface area contributed by atoms with Gasteiger partial charge in [-0.1, -0.05) is 65.8 Å². The Labute approximate surface area is 130 Å². The minimum Gasteiger partial charge on any atom is -0.387 e. The molecule has 0 amide bonds. The molecule has 1 aliphatic carbocycles. The molecule has 1 saturated carbocycles. The van der Waals surface area contributed by atoms with Crippen molar-refractivity contribution >= 4 is 0 Å². The first-order valence-electron chi connectivity index (χ1n) is 8.16. The van der Waals surface area contributed by atoms with Gasteiger partial charge < -0.3 is 10.4 Å². The van der Waals surface area contributed by atoms with Gasteiger partial charge in [-0.2, -0.15) is 0 Å². The molecule has 0 aromatic heterocycles. The van der Waals surface area contributed by atoms with E-state index >= 15 is 0 Å². The van der Waals surface area contributed by atoms with Crippen molar-refractivity contribution in [3.63, 3.8) is 0 Å². The van der Waals surface area contributed by atoms with Crippen molar-refractivity contribution in [1.82, 2.24) is 5.32 Å². The Morgan fingerprint density at radius 2 is 1.57 bits per heavy atom. The van der Waals surface area contributed by atoms with E-state index in [0.29, 0.717) is 29.3 Å². The summed E-state index contributed by atoms with van der Waals surface area (Å²) < 4.78 is 0. The van der Waals surface area contributed by atoms with Gasteiger partial charge in [-0.15, -0.1) is 0 Å². The molecule has 118 valence electrons. The molecule has 1 aromatic rings. The molecule has 2 N–H and O–H groups in total. The van der Waals surface area contributed by atoms with E-state index < -0.39 is 6.10 Å². The Balaban J connectivity index is 1.88. The van der Waals surface area contributed by atoms with Crippen LogP contribution >= 0.6 is 0 Å². The van der Waals surface area contributed by atoms with E-state index in [1.54, 1.807) is 0 Å². The van der Waals surface area contributed by atoms with Crippen molar-refractivity contribution in [3.05, 3.63) is 35.4 Å². The van der Waals surface area contributed by atoms with Crippen molar-refractivity contribution in [1.29, 1.82) is 0 Å². The number of hydrogen-bond acceptors (Lipinski definition) is 2. The van der Waals surface area contributed by atoms with Crippen LogP contribution in [0.2, 0.25) is 0 Å². The molecule has 1 fully saturated rings. The molecule has 0 spiro atoms. The minimum absolute atomic E-state index is 0.313. The van der Waals surface area contributed by atoms with Crippen LogP contribution < -0.4 is 5.32 Å². The van der Waals surface area contributed by atoms with Crippen LogP contribution in [0.15, 0.2) is 24.3 Å². The predicted molar refractivity (Wildman–Crippen MR) is 89.3 cm³/mol. The van der Waals surface area contributed by atoms with Gasteiger partial charge in [-0.3, -0.25) is 0 Å². The van der Waals surface area contributed by atoms with Crippen LogP contribution in [0.5, 0.6) is 0 Å². The fraction of sp³-hybridized carbons (Fsp3) is 0.684. The molecule has 1 atom stereocenters.